The van der Waals surface area contributed by atoms with Gasteiger partial charge in [-0.1, -0.05) is 0 Å². The lowest BCUT2D eigenvalue weighted by Crippen LogP contribution is -2.47. The van der Waals surface area contributed by atoms with Gasteiger partial charge >= 0.3 is 0 Å². The Balaban J connectivity index is 0.000000605. The number of aliphatic hydroxyl groups is 1. The van der Waals surface area contributed by atoms with Crippen molar-refractivity contribution >= 4 is 12.4 Å². The van der Waals surface area contributed by atoms with E-state index in [9.17, 15) is 5.11 Å². The first-order chi connectivity index (χ1) is 4.86. The Morgan fingerprint density at radius 2 is 2.27 bits per heavy atom. The fourth-order valence-electron chi connectivity index (χ4n) is 1.94. The summed E-state index contributed by atoms with van der Waals surface area (Å²) in [5.41, 5.74) is 0. The normalized spacial score (nSPS) is 37.9. The maximum Gasteiger partial charge on any atom is 0.0682 e. The molecule has 2 fully saturated rings. The van der Waals surface area contributed by atoms with E-state index < -0.39 is 0 Å². The van der Waals surface area contributed by atoms with Crippen LogP contribution in [0.4, 0.5) is 0 Å². The van der Waals surface area contributed by atoms with Gasteiger partial charge in [-0.3, -0.25) is 4.90 Å². The first kappa shape index (κ1) is 9.26. The summed E-state index contributed by atoms with van der Waals surface area (Å²) in [6, 6.07) is 0.615. The van der Waals surface area contributed by atoms with Gasteiger partial charge in [0.05, 0.1) is 6.10 Å². The highest BCUT2D eigenvalue weighted by atomic mass is 35.5. The van der Waals surface area contributed by atoms with Crippen molar-refractivity contribution in [3.8, 4) is 0 Å². The number of nitrogens with zero attached hydrogens (tertiary/aromatic N) is 1. The number of nitrogens with one attached hydrogen (secondary N) is 1. The van der Waals surface area contributed by atoms with Crippen LogP contribution in [0.15, 0.2) is 0 Å². The molecule has 2 saturated heterocycles. The van der Waals surface area contributed by atoms with Gasteiger partial charge in [-0.2, -0.15) is 0 Å². The van der Waals surface area contributed by atoms with Crippen LogP contribution in [0, 0.1) is 0 Å². The number of halogens is 1. The molecule has 2 rings (SSSR count). The van der Waals surface area contributed by atoms with Gasteiger partial charge in [-0.25, -0.2) is 0 Å². The minimum Gasteiger partial charge on any atom is -0.392 e. The van der Waals surface area contributed by atoms with Crippen LogP contribution in [0.3, 0.4) is 0 Å². The second-order valence-corrected chi connectivity index (χ2v) is 3.24. The minimum atomic E-state index is -0.0649. The van der Waals surface area contributed by atoms with Crippen LogP contribution in [-0.2, 0) is 0 Å². The third-order valence-electron chi connectivity index (χ3n) is 2.46. The lowest BCUT2D eigenvalue weighted by molar-refractivity contribution is 0.170. The topological polar surface area (TPSA) is 35.5 Å². The zero-order chi connectivity index (χ0) is 6.97. The summed E-state index contributed by atoms with van der Waals surface area (Å²) >= 11 is 0. The van der Waals surface area contributed by atoms with E-state index in [1.54, 1.807) is 0 Å². The molecule has 2 heterocycles. The maximum atomic E-state index is 9.29. The van der Waals surface area contributed by atoms with Crippen molar-refractivity contribution in [2.45, 2.75) is 18.6 Å². The molecule has 66 valence electrons. The first-order valence-electron chi connectivity index (χ1n) is 3.99. The number of piperazine rings is 1. The van der Waals surface area contributed by atoms with E-state index in [-0.39, 0.29) is 18.5 Å². The first-order valence-corrected chi connectivity index (χ1v) is 3.99. The smallest absolute Gasteiger partial charge is 0.0682 e. The van der Waals surface area contributed by atoms with E-state index in [1.807, 2.05) is 0 Å². The predicted molar refractivity (Wildman–Crippen MR) is 46.1 cm³/mol. The molecule has 11 heavy (non-hydrogen) atoms. The highest BCUT2D eigenvalue weighted by Gasteiger charge is 2.31. The number of rotatable bonds is 0. The SMILES string of the molecule is Cl.OC1CC2CNCCN2C1. The Morgan fingerprint density at radius 3 is 3.00 bits per heavy atom. The molecule has 0 saturated carbocycles. The van der Waals surface area contributed by atoms with Crippen LogP contribution in [0.25, 0.3) is 0 Å². The van der Waals surface area contributed by atoms with Gasteiger partial charge in [0.1, 0.15) is 0 Å². The molecule has 4 heteroatoms. The second kappa shape index (κ2) is 3.72. The molecule has 0 aromatic carbocycles. The predicted octanol–water partition coefficient (Wildman–Crippen LogP) is -0.553. The minimum absolute atomic E-state index is 0. The van der Waals surface area contributed by atoms with Crippen molar-refractivity contribution in [2.24, 2.45) is 0 Å². The average molecular weight is 179 g/mol. The zero-order valence-electron chi connectivity index (χ0n) is 6.49. The summed E-state index contributed by atoms with van der Waals surface area (Å²) in [5, 5.41) is 12.6. The van der Waals surface area contributed by atoms with Crippen molar-refractivity contribution < 1.29 is 5.11 Å². The Labute approximate surface area is 73.2 Å². The van der Waals surface area contributed by atoms with Gasteiger partial charge in [-0.15, -0.1) is 12.4 Å². The molecule has 0 aliphatic carbocycles. The van der Waals surface area contributed by atoms with Crippen LogP contribution in [0.1, 0.15) is 6.42 Å². The second-order valence-electron chi connectivity index (χ2n) is 3.24. The lowest BCUT2D eigenvalue weighted by Gasteiger charge is -2.29. The van der Waals surface area contributed by atoms with Gasteiger partial charge in [0.25, 0.3) is 0 Å². The molecule has 3 nitrogen and oxygen atoms in total. The molecule has 0 amide bonds. The molecule has 0 spiro atoms. The Bertz CT molecular complexity index is 120. The monoisotopic (exact) mass is 178 g/mol. The van der Waals surface area contributed by atoms with E-state index in [0.717, 1.165) is 32.6 Å². The third-order valence-corrected chi connectivity index (χ3v) is 2.46. The molecular weight excluding hydrogens is 164 g/mol. The number of hydrogen-bond donors (Lipinski definition) is 2. The van der Waals surface area contributed by atoms with E-state index >= 15 is 0 Å². The fourth-order valence-corrected chi connectivity index (χ4v) is 1.94. The molecule has 0 aromatic rings. The summed E-state index contributed by atoms with van der Waals surface area (Å²) in [6.07, 6.45) is 0.900. The number of hydrogen-bond acceptors (Lipinski definition) is 3. The molecule has 2 N–H and O–H groups in total. The van der Waals surface area contributed by atoms with Crippen molar-refractivity contribution in [3.63, 3.8) is 0 Å². The Kier molecular flexibility index (Phi) is 3.13. The highest BCUT2D eigenvalue weighted by Crippen LogP contribution is 2.18. The lowest BCUT2D eigenvalue weighted by atomic mass is 10.2. The molecule has 0 aromatic heterocycles. The Morgan fingerprint density at radius 1 is 1.45 bits per heavy atom. The zero-order valence-corrected chi connectivity index (χ0v) is 7.31. The summed E-state index contributed by atoms with van der Waals surface area (Å²) in [5.74, 6) is 0. The molecule has 2 aliphatic heterocycles. The Hall–Kier alpha value is 0.170. The van der Waals surface area contributed by atoms with Gasteiger partial charge in [-0.05, 0) is 6.42 Å². The molecule has 2 atom stereocenters. The largest absolute Gasteiger partial charge is 0.392 e. The van der Waals surface area contributed by atoms with E-state index in [1.165, 1.54) is 0 Å². The summed E-state index contributed by atoms with van der Waals surface area (Å²) in [4.78, 5) is 2.38. The van der Waals surface area contributed by atoms with Crippen LogP contribution in [-0.4, -0.2) is 48.3 Å². The van der Waals surface area contributed by atoms with Crippen molar-refractivity contribution in [2.75, 3.05) is 26.2 Å². The van der Waals surface area contributed by atoms with Crippen molar-refractivity contribution in [3.05, 3.63) is 0 Å². The highest BCUT2D eigenvalue weighted by molar-refractivity contribution is 5.85. The van der Waals surface area contributed by atoms with E-state index in [4.69, 9.17) is 0 Å². The van der Waals surface area contributed by atoms with E-state index in [2.05, 4.69) is 10.2 Å². The van der Waals surface area contributed by atoms with Gasteiger partial charge in [0.15, 0.2) is 0 Å². The third kappa shape index (κ3) is 1.85. The van der Waals surface area contributed by atoms with Crippen molar-refractivity contribution in [1.29, 1.82) is 0 Å². The molecule has 2 aliphatic rings. The van der Waals surface area contributed by atoms with Gasteiger partial charge in [0.2, 0.25) is 0 Å². The number of aliphatic hydroxyl groups excluding tert-OH is 1. The van der Waals surface area contributed by atoms with E-state index in [0.29, 0.717) is 6.04 Å². The molecule has 0 bridgehead atoms. The standard InChI is InChI=1S/C7H14N2O.ClH/c10-7-3-6-4-8-1-2-9(6)5-7;/h6-8,10H,1-5H2;1H. The molecule has 0 radical (unpaired) electrons. The maximum absolute atomic E-state index is 9.29. The van der Waals surface area contributed by atoms with Gasteiger partial charge in [0, 0.05) is 32.2 Å². The quantitative estimate of drug-likeness (QED) is 0.523. The van der Waals surface area contributed by atoms with Crippen molar-refractivity contribution in [1.82, 2.24) is 10.2 Å². The van der Waals surface area contributed by atoms with Crippen LogP contribution in [0.2, 0.25) is 0 Å². The summed E-state index contributed by atoms with van der Waals surface area (Å²) in [7, 11) is 0. The van der Waals surface area contributed by atoms with Gasteiger partial charge < -0.3 is 10.4 Å². The molecular formula is C7H15ClN2O. The average Bonchev–Trinajstić information content (AvgIpc) is 2.27. The number of fused-ring (bicyclic) bond motifs is 1. The molecule has 2 unspecified atom stereocenters. The summed E-state index contributed by atoms with van der Waals surface area (Å²) < 4.78 is 0. The fraction of sp³-hybridized carbons (Fsp3) is 1.00. The van der Waals surface area contributed by atoms with Crippen LogP contribution < -0.4 is 5.32 Å². The summed E-state index contributed by atoms with van der Waals surface area (Å²) in [6.45, 7) is 4.16. The van der Waals surface area contributed by atoms with Crippen LogP contribution in [0.5, 0.6) is 0 Å². The van der Waals surface area contributed by atoms with Crippen LogP contribution >= 0.6 is 12.4 Å².